The van der Waals surface area contributed by atoms with Crippen LogP contribution in [0.15, 0.2) is 83.8 Å². The second-order valence-electron chi connectivity index (χ2n) is 7.04. The van der Waals surface area contributed by atoms with Crippen molar-refractivity contribution in [1.29, 1.82) is 0 Å². The molecule has 0 spiro atoms. The Morgan fingerprint density at radius 1 is 1.03 bits per heavy atom. The first kappa shape index (κ1) is 22.8. The first-order chi connectivity index (χ1) is 14.8. The van der Waals surface area contributed by atoms with Crippen molar-refractivity contribution in [2.75, 3.05) is 17.4 Å². The van der Waals surface area contributed by atoms with Gasteiger partial charge in [-0.3, -0.25) is 9.10 Å². The molecule has 0 bridgehead atoms. The lowest BCUT2D eigenvalue weighted by atomic mass is 10.1. The molecule has 0 aliphatic carbocycles. The van der Waals surface area contributed by atoms with Crippen LogP contribution in [0.2, 0.25) is 5.02 Å². The lowest BCUT2D eigenvalue weighted by molar-refractivity contribution is -0.120. The summed E-state index contributed by atoms with van der Waals surface area (Å²) in [5.41, 5.74) is 1.84. The number of carbonyl (C=O) groups is 1. The van der Waals surface area contributed by atoms with E-state index in [1.165, 1.54) is 18.2 Å². The summed E-state index contributed by atoms with van der Waals surface area (Å²) in [5, 5.41) is 13.2. The lowest BCUT2D eigenvalue weighted by Gasteiger charge is -2.24. The number of hydrogen-bond acceptors (Lipinski definition) is 4. The van der Waals surface area contributed by atoms with Gasteiger partial charge >= 0.3 is 0 Å². The molecule has 3 aromatic carbocycles. The predicted octanol–water partition coefficient (Wildman–Crippen LogP) is 3.69. The van der Waals surface area contributed by atoms with Gasteiger partial charge in [-0.25, -0.2) is 8.42 Å². The molecule has 1 amide bonds. The van der Waals surface area contributed by atoms with E-state index in [0.29, 0.717) is 10.6 Å². The minimum absolute atomic E-state index is 0.0448. The molecule has 1 atom stereocenters. The number of benzene rings is 3. The number of rotatable bonds is 8. The Balaban J connectivity index is 1.81. The van der Waals surface area contributed by atoms with Crippen LogP contribution in [0.4, 0.5) is 5.69 Å². The summed E-state index contributed by atoms with van der Waals surface area (Å²) in [5.74, 6) is -0.550. The second-order valence-corrected chi connectivity index (χ2v) is 9.33. The highest BCUT2D eigenvalue weighted by atomic mass is 35.5. The van der Waals surface area contributed by atoms with Gasteiger partial charge in [0.1, 0.15) is 6.54 Å². The minimum atomic E-state index is -4.02. The number of hydrogen-bond donors (Lipinski definition) is 2. The molecule has 0 fully saturated rings. The smallest absolute Gasteiger partial charge is 0.264 e. The SMILES string of the molecule is Cc1ccc(S(=O)(=O)N(CC(=O)NCC(O)c2ccccc2)c2cccc(Cl)c2)cc1. The van der Waals surface area contributed by atoms with Crippen molar-refractivity contribution in [3.63, 3.8) is 0 Å². The highest BCUT2D eigenvalue weighted by Crippen LogP contribution is 2.26. The molecule has 0 aliphatic rings. The number of sulfonamides is 1. The number of nitrogens with zero attached hydrogens (tertiary/aromatic N) is 1. The summed E-state index contributed by atoms with van der Waals surface area (Å²) in [6, 6.07) is 21.6. The molecule has 31 heavy (non-hydrogen) atoms. The molecule has 8 heteroatoms. The van der Waals surface area contributed by atoms with Crippen LogP contribution >= 0.6 is 11.6 Å². The normalized spacial score (nSPS) is 12.2. The number of halogens is 1. The molecule has 0 saturated heterocycles. The topological polar surface area (TPSA) is 86.7 Å². The van der Waals surface area contributed by atoms with E-state index in [1.807, 2.05) is 13.0 Å². The number of aliphatic hydroxyl groups excluding tert-OH is 1. The average Bonchev–Trinajstić information content (AvgIpc) is 2.76. The fourth-order valence-electron chi connectivity index (χ4n) is 2.97. The highest BCUT2D eigenvalue weighted by molar-refractivity contribution is 7.92. The van der Waals surface area contributed by atoms with Crippen LogP contribution in [0.3, 0.4) is 0 Å². The molecule has 0 heterocycles. The third kappa shape index (κ3) is 5.85. The van der Waals surface area contributed by atoms with Gasteiger partial charge in [0, 0.05) is 11.6 Å². The quantitative estimate of drug-likeness (QED) is 0.539. The van der Waals surface area contributed by atoms with Crippen molar-refractivity contribution >= 4 is 33.2 Å². The zero-order chi connectivity index (χ0) is 22.4. The Morgan fingerprint density at radius 3 is 2.35 bits per heavy atom. The Morgan fingerprint density at radius 2 is 1.71 bits per heavy atom. The molecule has 3 aromatic rings. The molecule has 0 aliphatic heterocycles. The third-order valence-electron chi connectivity index (χ3n) is 4.67. The molecule has 3 rings (SSSR count). The monoisotopic (exact) mass is 458 g/mol. The Bertz CT molecular complexity index is 1140. The van der Waals surface area contributed by atoms with E-state index < -0.39 is 28.6 Å². The van der Waals surface area contributed by atoms with Crippen molar-refractivity contribution in [3.05, 3.63) is 95.0 Å². The fraction of sp³-hybridized carbons (Fsp3) is 0.174. The summed E-state index contributed by atoms with van der Waals surface area (Å²) < 4.78 is 27.6. The average molecular weight is 459 g/mol. The van der Waals surface area contributed by atoms with Gasteiger partial charge in [0.25, 0.3) is 10.0 Å². The van der Waals surface area contributed by atoms with E-state index in [2.05, 4.69) is 5.32 Å². The fourth-order valence-corrected chi connectivity index (χ4v) is 4.57. The van der Waals surface area contributed by atoms with E-state index in [0.717, 1.165) is 9.87 Å². The Hall–Kier alpha value is -2.87. The van der Waals surface area contributed by atoms with Gasteiger partial charge in [0.15, 0.2) is 0 Å². The largest absolute Gasteiger partial charge is 0.387 e. The van der Waals surface area contributed by atoms with Crippen molar-refractivity contribution in [2.45, 2.75) is 17.9 Å². The van der Waals surface area contributed by atoms with Crippen molar-refractivity contribution < 1.29 is 18.3 Å². The number of aryl methyl sites for hydroxylation is 1. The molecule has 6 nitrogen and oxygen atoms in total. The third-order valence-corrected chi connectivity index (χ3v) is 6.69. The van der Waals surface area contributed by atoms with Crippen LogP contribution in [0.25, 0.3) is 0 Å². The van der Waals surface area contributed by atoms with Gasteiger partial charge in [-0.1, -0.05) is 65.7 Å². The molecule has 162 valence electrons. The Kier molecular flexibility index (Phi) is 7.33. The van der Waals surface area contributed by atoms with Crippen LogP contribution in [-0.4, -0.2) is 32.5 Å². The molecule has 0 saturated carbocycles. The van der Waals surface area contributed by atoms with Crippen LogP contribution < -0.4 is 9.62 Å². The molecular weight excluding hydrogens is 436 g/mol. The highest BCUT2D eigenvalue weighted by Gasteiger charge is 2.27. The molecule has 0 radical (unpaired) electrons. The maximum atomic E-state index is 13.3. The number of aliphatic hydroxyl groups is 1. The van der Waals surface area contributed by atoms with Crippen LogP contribution in [0.5, 0.6) is 0 Å². The number of anilines is 1. The summed E-state index contributed by atoms with van der Waals surface area (Å²) >= 11 is 6.06. The van der Waals surface area contributed by atoms with E-state index >= 15 is 0 Å². The number of amides is 1. The van der Waals surface area contributed by atoms with Gasteiger partial charge in [0.2, 0.25) is 5.91 Å². The predicted molar refractivity (Wildman–Crippen MR) is 122 cm³/mol. The molecular formula is C23H23ClN2O4S. The van der Waals surface area contributed by atoms with Crippen LogP contribution in [0.1, 0.15) is 17.2 Å². The van der Waals surface area contributed by atoms with Gasteiger partial charge in [-0.15, -0.1) is 0 Å². The van der Waals surface area contributed by atoms with Crippen molar-refractivity contribution in [1.82, 2.24) is 5.32 Å². The maximum absolute atomic E-state index is 13.3. The van der Waals surface area contributed by atoms with Gasteiger partial charge in [0.05, 0.1) is 16.7 Å². The zero-order valence-electron chi connectivity index (χ0n) is 16.9. The summed E-state index contributed by atoms with van der Waals surface area (Å²) in [7, 11) is -4.02. The van der Waals surface area contributed by atoms with E-state index in [4.69, 9.17) is 11.6 Å². The van der Waals surface area contributed by atoms with E-state index in [9.17, 15) is 18.3 Å². The first-order valence-corrected chi connectivity index (χ1v) is 11.4. The van der Waals surface area contributed by atoms with E-state index in [-0.39, 0.29) is 17.1 Å². The Labute approximate surface area is 187 Å². The minimum Gasteiger partial charge on any atom is -0.387 e. The summed E-state index contributed by atoms with van der Waals surface area (Å²) in [6.45, 7) is 1.35. The standard InChI is InChI=1S/C23H23ClN2O4S/c1-17-10-12-21(13-11-17)31(29,30)26(20-9-5-8-19(24)14-20)16-23(28)25-15-22(27)18-6-3-2-4-7-18/h2-14,22,27H,15-16H2,1H3,(H,25,28). The number of nitrogens with one attached hydrogen (secondary N) is 1. The van der Waals surface area contributed by atoms with Crippen LogP contribution in [-0.2, 0) is 14.8 Å². The van der Waals surface area contributed by atoms with Gasteiger partial charge in [-0.05, 0) is 42.8 Å². The number of carbonyl (C=O) groups excluding carboxylic acids is 1. The molecule has 2 N–H and O–H groups in total. The van der Waals surface area contributed by atoms with Gasteiger partial charge < -0.3 is 10.4 Å². The first-order valence-electron chi connectivity index (χ1n) is 9.62. The second kappa shape index (κ2) is 9.96. The summed E-state index contributed by atoms with van der Waals surface area (Å²) in [6.07, 6.45) is -0.904. The zero-order valence-corrected chi connectivity index (χ0v) is 18.5. The van der Waals surface area contributed by atoms with Gasteiger partial charge in [-0.2, -0.15) is 0 Å². The molecule has 0 aromatic heterocycles. The maximum Gasteiger partial charge on any atom is 0.264 e. The van der Waals surface area contributed by atoms with Crippen molar-refractivity contribution in [3.8, 4) is 0 Å². The lowest BCUT2D eigenvalue weighted by Crippen LogP contribution is -2.42. The van der Waals surface area contributed by atoms with Crippen LogP contribution in [0, 0.1) is 6.92 Å². The summed E-state index contributed by atoms with van der Waals surface area (Å²) in [4.78, 5) is 12.7. The molecule has 1 unspecified atom stereocenters. The van der Waals surface area contributed by atoms with E-state index in [1.54, 1.807) is 54.6 Å². The van der Waals surface area contributed by atoms with Crippen molar-refractivity contribution in [2.24, 2.45) is 0 Å².